The van der Waals surface area contributed by atoms with Gasteiger partial charge in [0, 0.05) is 18.3 Å². The number of allylic oxidation sites excluding steroid dienone is 1. The quantitative estimate of drug-likeness (QED) is 0.801. The fourth-order valence-corrected chi connectivity index (χ4v) is 2.29. The molecule has 0 aliphatic rings. The number of hydrogen-bond acceptors (Lipinski definition) is 4. The van der Waals surface area contributed by atoms with Crippen molar-refractivity contribution in [2.75, 3.05) is 26.1 Å². The van der Waals surface area contributed by atoms with Gasteiger partial charge in [0.1, 0.15) is 0 Å². The van der Waals surface area contributed by atoms with Crippen LogP contribution in [0.1, 0.15) is 22.8 Å². The molecule has 0 saturated carbocycles. The number of methoxy groups -OCH3 is 1. The summed E-state index contributed by atoms with van der Waals surface area (Å²) in [7, 11) is 3.12. The maximum atomic E-state index is 12.1. The van der Waals surface area contributed by atoms with Crippen LogP contribution in [0.15, 0.2) is 48.5 Å². The molecular formula is C20H22N2O4. The number of hydrogen-bond donors (Lipinski definition) is 2. The Bertz CT molecular complexity index is 798. The van der Waals surface area contributed by atoms with Gasteiger partial charge in [-0.1, -0.05) is 18.2 Å². The third kappa shape index (κ3) is 5.11. The van der Waals surface area contributed by atoms with E-state index in [2.05, 4.69) is 10.6 Å². The third-order valence-electron chi connectivity index (χ3n) is 3.56. The average molecular weight is 354 g/mol. The standard InChI is InChI=1S/C20H22N2O4/c1-4-5-14-6-11-17(18(12-14)25-3)26-13-19(23)22-16-9-7-15(8-10-16)20(24)21-2/h4-12H,13H2,1-3H3,(H,21,24)(H,22,23). The van der Waals surface area contributed by atoms with E-state index in [0.717, 1.165) is 5.56 Å². The van der Waals surface area contributed by atoms with E-state index < -0.39 is 0 Å². The van der Waals surface area contributed by atoms with Gasteiger partial charge in [0.2, 0.25) is 0 Å². The molecule has 6 nitrogen and oxygen atoms in total. The summed E-state index contributed by atoms with van der Waals surface area (Å²) in [5.41, 5.74) is 2.09. The highest BCUT2D eigenvalue weighted by Gasteiger charge is 2.09. The molecule has 2 N–H and O–H groups in total. The summed E-state index contributed by atoms with van der Waals surface area (Å²) in [5.74, 6) is 0.561. The Labute approximate surface area is 152 Å². The van der Waals surface area contributed by atoms with E-state index in [0.29, 0.717) is 22.7 Å². The first-order valence-corrected chi connectivity index (χ1v) is 8.13. The predicted molar refractivity (Wildman–Crippen MR) is 102 cm³/mol. The topological polar surface area (TPSA) is 76.7 Å². The molecule has 6 heteroatoms. The van der Waals surface area contributed by atoms with Crippen molar-refractivity contribution in [3.05, 3.63) is 59.7 Å². The van der Waals surface area contributed by atoms with Crippen LogP contribution in [0.25, 0.3) is 6.08 Å². The second kappa shape index (κ2) is 9.27. The Morgan fingerprint density at radius 3 is 2.42 bits per heavy atom. The van der Waals surface area contributed by atoms with Gasteiger partial charge in [-0.05, 0) is 48.9 Å². The molecule has 0 unspecified atom stereocenters. The summed E-state index contributed by atoms with van der Waals surface area (Å²) in [6.07, 6.45) is 3.87. The van der Waals surface area contributed by atoms with Crippen LogP contribution in [-0.2, 0) is 4.79 Å². The molecule has 136 valence electrons. The maximum Gasteiger partial charge on any atom is 0.262 e. The fraction of sp³-hybridized carbons (Fsp3) is 0.200. The van der Waals surface area contributed by atoms with Crippen molar-refractivity contribution in [2.45, 2.75) is 6.92 Å². The molecule has 0 radical (unpaired) electrons. The lowest BCUT2D eigenvalue weighted by molar-refractivity contribution is -0.118. The highest BCUT2D eigenvalue weighted by Crippen LogP contribution is 2.28. The lowest BCUT2D eigenvalue weighted by atomic mass is 10.2. The van der Waals surface area contributed by atoms with Crippen molar-refractivity contribution < 1.29 is 19.1 Å². The van der Waals surface area contributed by atoms with Crippen molar-refractivity contribution >= 4 is 23.6 Å². The molecule has 0 aromatic heterocycles. The SMILES string of the molecule is CC=Cc1ccc(OCC(=O)Nc2ccc(C(=O)NC)cc2)c(OC)c1. The van der Waals surface area contributed by atoms with Crippen LogP contribution in [0.2, 0.25) is 0 Å². The molecule has 0 aliphatic carbocycles. The Hall–Kier alpha value is -3.28. The van der Waals surface area contributed by atoms with Crippen LogP contribution in [0.3, 0.4) is 0 Å². The minimum atomic E-state index is -0.308. The summed E-state index contributed by atoms with van der Waals surface area (Å²) in [5, 5.41) is 5.26. The summed E-state index contributed by atoms with van der Waals surface area (Å²) in [6.45, 7) is 1.78. The van der Waals surface area contributed by atoms with Gasteiger partial charge in [0.05, 0.1) is 7.11 Å². The molecule has 0 aliphatic heterocycles. The number of carbonyl (C=O) groups excluding carboxylic acids is 2. The van der Waals surface area contributed by atoms with Crippen LogP contribution in [0.5, 0.6) is 11.5 Å². The van der Waals surface area contributed by atoms with Crippen LogP contribution in [0, 0.1) is 0 Å². The van der Waals surface area contributed by atoms with Gasteiger partial charge in [-0.2, -0.15) is 0 Å². The second-order valence-corrected chi connectivity index (χ2v) is 5.40. The lowest BCUT2D eigenvalue weighted by Gasteiger charge is -2.11. The van der Waals surface area contributed by atoms with E-state index in [1.54, 1.807) is 44.5 Å². The fourth-order valence-electron chi connectivity index (χ4n) is 2.29. The number of ether oxygens (including phenoxy) is 2. The van der Waals surface area contributed by atoms with Gasteiger partial charge in [-0.3, -0.25) is 9.59 Å². The van der Waals surface area contributed by atoms with E-state index >= 15 is 0 Å². The number of rotatable bonds is 7. The van der Waals surface area contributed by atoms with Gasteiger partial charge in [-0.25, -0.2) is 0 Å². The van der Waals surface area contributed by atoms with E-state index in [4.69, 9.17) is 9.47 Å². The second-order valence-electron chi connectivity index (χ2n) is 5.40. The number of amides is 2. The molecular weight excluding hydrogens is 332 g/mol. The number of benzene rings is 2. The van der Waals surface area contributed by atoms with Crippen molar-refractivity contribution in [1.82, 2.24) is 5.32 Å². The number of anilines is 1. The molecule has 2 aromatic rings. The van der Waals surface area contributed by atoms with Crippen LogP contribution in [0.4, 0.5) is 5.69 Å². The van der Waals surface area contributed by atoms with E-state index in [1.807, 2.05) is 31.2 Å². The normalized spacial score (nSPS) is 10.4. The molecule has 0 heterocycles. The Morgan fingerprint density at radius 1 is 1.08 bits per heavy atom. The largest absolute Gasteiger partial charge is 0.493 e. The molecule has 2 aromatic carbocycles. The van der Waals surface area contributed by atoms with Crippen LogP contribution >= 0.6 is 0 Å². The highest BCUT2D eigenvalue weighted by molar-refractivity contribution is 5.95. The van der Waals surface area contributed by atoms with Crippen LogP contribution in [-0.4, -0.2) is 32.6 Å². The zero-order valence-corrected chi connectivity index (χ0v) is 15.0. The van der Waals surface area contributed by atoms with Crippen molar-refractivity contribution in [1.29, 1.82) is 0 Å². The molecule has 0 saturated heterocycles. The molecule has 0 fully saturated rings. The zero-order chi connectivity index (χ0) is 18.9. The first kappa shape index (κ1) is 19.1. The Kier molecular flexibility index (Phi) is 6.79. The molecule has 0 spiro atoms. The summed E-state index contributed by atoms with van der Waals surface area (Å²) >= 11 is 0. The molecule has 2 amide bonds. The van der Waals surface area contributed by atoms with E-state index in [9.17, 15) is 9.59 Å². The smallest absolute Gasteiger partial charge is 0.262 e. The van der Waals surface area contributed by atoms with Gasteiger partial charge >= 0.3 is 0 Å². The minimum absolute atomic E-state index is 0.156. The van der Waals surface area contributed by atoms with Crippen molar-refractivity contribution in [3.8, 4) is 11.5 Å². The van der Waals surface area contributed by atoms with Gasteiger partial charge in [-0.15, -0.1) is 0 Å². The maximum absolute atomic E-state index is 12.1. The van der Waals surface area contributed by atoms with E-state index in [1.165, 1.54) is 0 Å². The lowest BCUT2D eigenvalue weighted by Crippen LogP contribution is -2.21. The van der Waals surface area contributed by atoms with E-state index in [-0.39, 0.29) is 18.4 Å². The molecule has 0 bridgehead atoms. The first-order chi connectivity index (χ1) is 12.6. The minimum Gasteiger partial charge on any atom is -0.493 e. The molecule has 2 rings (SSSR count). The highest BCUT2D eigenvalue weighted by atomic mass is 16.5. The molecule has 26 heavy (non-hydrogen) atoms. The van der Waals surface area contributed by atoms with Crippen molar-refractivity contribution in [2.24, 2.45) is 0 Å². The van der Waals surface area contributed by atoms with Crippen LogP contribution < -0.4 is 20.1 Å². The predicted octanol–water partition coefficient (Wildman–Crippen LogP) is 3.11. The molecule has 0 atom stereocenters. The summed E-state index contributed by atoms with van der Waals surface area (Å²) in [6, 6.07) is 12.1. The third-order valence-corrected chi connectivity index (χ3v) is 3.56. The van der Waals surface area contributed by atoms with Gasteiger partial charge in [0.25, 0.3) is 11.8 Å². The van der Waals surface area contributed by atoms with Gasteiger partial charge < -0.3 is 20.1 Å². The Balaban J connectivity index is 1.95. The number of carbonyl (C=O) groups is 2. The Morgan fingerprint density at radius 2 is 1.81 bits per heavy atom. The first-order valence-electron chi connectivity index (χ1n) is 8.13. The summed E-state index contributed by atoms with van der Waals surface area (Å²) < 4.78 is 10.8. The van der Waals surface area contributed by atoms with Crippen molar-refractivity contribution in [3.63, 3.8) is 0 Å². The zero-order valence-electron chi connectivity index (χ0n) is 15.0. The van der Waals surface area contributed by atoms with Gasteiger partial charge in [0.15, 0.2) is 18.1 Å². The monoisotopic (exact) mass is 354 g/mol. The summed E-state index contributed by atoms with van der Waals surface area (Å²) in [4.78, 5) is 23.6. The average Bonchev–Trinajstić information content (AvgIpc) is 2.67. The number of nitrogens with one attached hydrogen (secondary N) is 2.